The van der Waals surface area contributed by atoms with Crippen molar-refractivity contribution >= 4 is 138 Å². The zero-order chi connectivity index (χ0) is 51.4. The Labute approximate surface area is 457 Å². The van der Waals surface area contributed by atoms with E-state index in [2.05, 4.69) is 121 Å². The van der Waals surface area contributed by atoms with Gasteiger partial charge in [0.25, 0.3) is 0 Å². The molecule has 0 amide bonds. The first kappa shape index (κ1) is 73.0. The van der Waals surface area contributed by atoms with E-state index in [0.29, 0.717) is 61.4 Å². The fourth-order valence-electron chi connectivity index (χ4n) is 3.16. The number of carboxylic acid groups (broad SMARTS) is 1. The average Bonchev–Trinajstić information content (AvgIpc) is 3.26. The molecule has 3 aromatic rings. The predicted octanol–water partition coefficient (Wildman–Crippen LogP) is 0.950. The van der Waals surface area contributed by atoms with E-state index in [1.807, 2.05) is 25.7 Å². The predicted molar refractivity (Wildman–Crippen MR) is 265 cm³/mol. The van der Waals surface area contributed by atoms with E-state index in [1.54, 1.807) is 31.4 Å². The number of hydroxylamine groups is 1. The first-order valence-corrected chi connectivity index (χ1v) is 23.6. The molecule has 1 aliphatic rings. The maximum Gasteiger partial charge on any atom is 1.00 e. The quantitative estimate of drug-likeness (QED) is 0.0321. The number of hydrogen-bond acceptors (Lipinski definition) is 22. The van der Waals surface area contributed by atoms with Crippen LogP contribution in [0.1, 0.15) is 58.6 Å². The Morgan fingerprint density at radius 1 is 0.824 bits per heavy atom. The maximum absolute atomic E-state index is 10.6. The number of nitrogens with zero attached hydrogens (tertiary/aromatic N) is 6. The molecular weight excluding hydrogens is 1210 g/mol. The number of aromatic nitrogens is 3. The second kappa shape index (κ2) is 44.3. The third kappa shape index (κ3) is 38.0. The van der Waals surface area contributed by atoms with Gasteiger partial charge < -0.3 is 45.6 Å². The minimum atomic E-state index is -1.08. The van der Waals surface area contributed by atoms with Crippen LogP contribution in [0.3, 0.4) is 0 Å². The number of Topliss-reactive ketones (excluding diaryl/α,β-unsaturated/α-hetero) is 2. The minimum absolute atomic E-state index is 0. The van der Waals surface area contributed by atoms with Crippen molar-refractivity contribution < 1.29 is 97.5 Å². The monoisotopic (exact) mass is 1260 g/mol. The van der Waals surface area contributed by atoms with Gasteiger partial charge in [-0.05, 0) is 126 Å². The van der Waals surface area contributed by atoms with Gasteiger partial charge in [0, 0.05) is 28.2 Å². The van der Waals surface area contributed by atoms with Crippen LogP contribution >= 0.6 is 71.1 Å². The minimum Gasteiger partial charge on any atom is -0.550 e. The van der Waals surface area contributed by atoms with Crippen LogP contribution in [-0.2, 0) is 55.2 Å². The number of aliphatic imine (C=N–C) groups is 1. The molecule has 0 bridgehead atoms. The molecule has 369 valence electrons. The normalized spacial score (nSPS) is 11.8. The summed E-state index contributed by atoms with van der Waals surface area (Å²) in [6.45, 7) is 10.5. The number of oxime groups is 2. The number of nitrogens with two attached hydrogens (primary N) is 2. The Morgan fingerprint density at radius 2 is 1.21 bits per heavy atom. The Morgan fingerprint density at radius 3 is 1.54 bits per heavy atom. The number of rotatable bonds is 10. The van der Waals surface area contributed by atoms with Crippen LogP contribution in [0.5, 0.6) is 17.6 Å². The summed E-state index contributed by atoms with van der Waals surface area (Å²) < 4.78 is 17.3. The number of ketones is 2. The second-order valence-electron chi connectivity index (χ2n) is 11.4. The number of amidine groups is 3. The van der Waals surface area contributed by atoms with E-state index in [1.165, 1.54) is 28.1 Å². The van der Waals surface area contributed by atoms with Crippen LogP contribution in [0, 0.1) is 0 Å². The van der Waals surface area contributed by atoms with Crippen LogP contribution in [0.4, 0.5) is 0 Å². The van der Waals surface area contributed by atoms with Crippen molar-refractivity contribution in [2.24, 2.45) is 26.8 Å². The molecule has 3 radical (unpaired) electrons. The van der Waals surface area contributed by atoms with Gasteiger partial charge in [-0.25, -0.2) is 39.8 Å². The molecule has 0 spiro atoms. The van der Waals surface area contributed by atoms with Gasteiger partial charge >= 0.3 is 41.5 Å². The van der Waals surface area contributed by atoms with E-state index in [0.717, 1.165) is 32.6 Å². The van der Waals surface area contributed by atoms with E-state index in [4.69, 9.17) is 50.5 Å². The van der Waals surface area contributed by atoms with Crippen molar-refractivity contribution in [1.29, 1.82) is 0 Å². The molecular formula is C37H49BBr4N9NaO14PS. The molecule has 1 aliphatic heterocycles. The zero-order valence-electron chi connectivity index (χ0n) is 38.7. The van der Waals surface area contributed by atoms with Gasteiger partial charge in [0.2, 0.25) is 17.6 Å². The van der Waals surface area contributed by atoms with Gasteiger partial charge in [-0.1, -0.05) is 38.0 Å². The van der Waals surface area contributed by atoms with Crippen LogP contribution in [-0.4, -0.2) is 128 Å². The molecule has 0 saturated carbocycles. The molecule has 0 saturated heterocycles. The summed E-state index contributed by atoms with van der Waals surface area (Å²) in [6.07, 6.45) is 0. The number of carbonyl (C=O) groups is 5. The summed E-state index contributed by atoms with van der Waals surface area (Å²) in [7, 11) is 5.56. The molecule has 4 heterocycles. The van der Waals surface area contributed by atoms with Crippen molar-refractivity contribution in [3.63, 3.8) is 0 Å². The van der Waals surface area contributed by atoms with Crippen LogP contribution in [0.2, 0.25) is 0 Å². The summed E-state index contributed by atoms with van der Waals surface area (Å²) in [6, 6.07) is 10.6. The SMILES string of the molecule is CC(=O)CBr.CC(=O)OOC(C)=O.CC(=O)[O-].COc1nc(/C(N)=N/O)ccc1Br.COc1nc(/C(N)=N/OCC(C)=O)ccc1Br.COc1nc(C2=NC(C)CON2)ccc1Br.CP=S.[B].[Na+]. The number of nitrogens with one attached hydrogen (secondary N) is 1. The van der Waals surface area contributed by atoms with Crippen molar-refractivity contribution in [2.75, 3.05) is 46.5 Å². The summed E-state index contributed by atoms with van der Waals surface area (Å²) in [5.41, 5.74) is 15.2. The molecule has 0 aromatic carbocycles. The average molecular weight is 1260 g/mol. The Bertz CT molecular complexity index is 2110. The maximum atomic E-state index is 10.6. The molecule has 1 unspecified atom stereocenters. The Balaban J connectivity index is -0.000000242. The Hall–Kier alpha value is -3.93. The summed E-state index contributed by atoms with van der Waals surface area (Å²) >= 11 is 17.2. The third-order valence-corrected chi connectivity index (χ3v) is 8.24. The van der Waals surface area contributed by atoms with Crippen molar-refractivity contribution in [2.45, 2.75) is 47.6 Å². The summed E-state index contributed by atoms with van der Waals surface area (Å²) in [5, 5.41) is 24.2. The van der Waals surface area contributed by atoms with E-state index >= 15 is 0 Å². The van der Waals surface area contributed by atoms with Crippen LogP contribution in [0.15, 0.2) is 65.1 Å². The number of halogens is 4. The van der Waals surface area contributed by atoms with Crippen molar-refractivity contribution in [1.82, 2.24) is 20.4 Å². The van der Waals surface area contributed by atoms with Crippen molar-refractivity contribution in [3.8, 4) is 17.6 Å². The first-order valence-electron chi connectivity index (χ1n) is 17.8. The Kier molecular flexibility index (Phi) is 47.6. The van der Waals surface area contributed by atoms with Crippen molar-refractivity contribution in [3.05, 3.63) is 66.9 Å². The fraction of sp³-hybridized carbons (Fsp3) is 0.378. The smallest absolute Gasteiger partial charge is 0.550 e. The zero-order valence-corrected chi connectivity index (χ0v) is 48.8. The number of alkyl halides is 1. The fourth-order valence-corrected chi connectivity index (χ4v) is 4.31. The topological polar surface area (TPSA) is 333 Å². The van der Waals surface area contributed by atoms with Gasteiger partial charge in [0.1, 0.15) is 22.9 Å². The molecule has 4 rings (SSSR count). The number of carboxylic acids is 1. The number of pyridine rings is 3. The molecule has 31 heteroatoms. The summed E-state index contributed by atoms with van der Waals surface area (Å²) in [4.78, 5) is 83.3. The van der Waals surface area contributed by atoms with Gasteiger partial charge in [0.05, 0.1) is 52.7 Å². The van der Waals surface area contributed by atoms with E-state index in [-0.39, 0.29) is 73.9 Å². The largest absolute Gasteiger partial charge is 1.00 e. The van der Waals surface area contributed by atoms with Crippen LogP contribution < -0.4 is 65.8 Å². The second-order valence-corrected chi connectivity index (χ2v) is 16.0. The number of methoxy groups -OCH3 is 3. The molecule has 0 aliphatic carbocycles. The van der Waals surface area contributed by atoms with Crippen LogP contribution in [0.25, 0.3) is 0 Å². The van der Waals surface area contributed by atoms with Gasteiger partial charge in [0.15, 0.2) is 29.9 Å². The molecule has 0 fully saturated rings. The van der Waals surface area contributed by atoms with Gasteiger partial charge in [-0.15, -0.1) is 0 Å². The molecule has 23 nitrogen and oxygen atoms in total. The third-order valence-electron chi connectivity index (χ3n) is 5.63. The molecule has 1 atom stereocenters. The number of hydrogen-bond donors (Lipinski definition) is 4. The van der Waals surface area contributed by atoms with E-state index in [9.17, 15) is 19.2 Å². The number of carbonyl (C=O) groups excluding carboxylic acids is 5. The number of ether oxygens (including phenoxy) is 3. The van der Waals surface area contributed by atoms with E-state index < -0.39 is 17.9 Å². The molecule has 68 heavy (non-hydrogen) atoms. The summed E-state index contributed by atoms with van der Waals surface area (Å²) in [5.74, 6) is -0.350. The first-order chi connectivity index (χ1) is 31.0. The number of aliphatic carboxylic acids is 1. The molecule has 6 N–H and O–H groups in total. The standard InChI is InChI=1S/C10H12BrN3O3.C10H12BrN3O2.C7H8BrN3O2.C4H6O4.C3H5BrO.C2H4O2.CH3PS.B.Na/c1-6(15)5-17-14-9(12)8-4-3-7(11)10(13-8)16-2;1-6-5-16-14-9(12-6)8-4-3-7(11)10(13-8)15-2;1-13-7-4(8)2-3-5(10-7)6(9)11-12;1-3(5)7-8-4(2)6;1-3(5)2-4;1-2(3)4;1-2-3;;/h3-4H,5H2,1-2H3,(H2,12,14);3-4,6H,5H2,1-2H3,(H,12,14);2-3,12H,1H3,(H2,9,11);1-2H3;2H2,1H3;1H3,(H,3,4);1H3;;/q;;;;;;;;+1/p-1. The van der Waals surface area contributed by atoms with Gasteiger partial charge in [-0.2, -0.15) is 0 Å². The molecule has 3 aromatic heterocycles. The van der Waals surface area contributed by atoms with Gasteiger partial charge in [-0.3, -0.25) is 19.4 Å².